The van der Waals surface area contributed by atoms with Gasteiger partial charge in [0.1, 0.15) is 12.1 Å². The van der Waals surface area contributed by atoms with Gasteiger partial charge in [0.25, 0.3) is 0 Å². The van der Waals surface area contributed by atoms with Crippen molar-refractivity contribution in [3.63, 3.8) is 0 Å². The van der Waals surface area contributed by atoms with Crippen molar-refractivity contribution in [3.05, 3.63) is 66.2 Å². The van der Waals surface area contributed by atoms with Crippen LogP contribution in [-0.2, 0) is 14.3 Å². The minimum absolute atomic E-state index is 0.402. The Morgan fingerprint density at radius 1 is 1.08 bits per heavy atom. The van der Waals surface area contributed by atoms with Crippen LogP contribution in [0.4, 0.5) is 10.5 Å². The fourth-order valence-corrected chi connectivity index (χ4v) is 3.39. The van der Waals surface area contributed by atoms with Crippen LogP contribution in [0.2, 0.25) is 0 Å². The van der Waals surface area contributed by atoms with Gasteiger partial charge in [-0.1, -0.05) is 42.5 Å². The number of cyclic esters (lactones) is 1. The first-order valence-corrected chi connectivity index (χ1v) is 7.65. The molecule has 120 valence electrons. The number of amides is 1. The maximum absolute atomic E-state index is 12.5. The number of ether oxygens (including phenoxy) is 2. The summed E-state index contributed by atoms with van der Waals surface area (Å²) in [4.78, 5) is 25.6. The Morgan fingerprint density at radius 2 is 1.79 bits per heavy atom. The largest absolute Gasteiger partial charge is 0.452 e. The molecule has 0 spiro atoms. The first kappa shape index (κ1) is 14.5. The molecule has 1 amide bonds. The van der Waals surface area contributed by atoms with Crippen LogP contribution in [0.25, 0.3) is 11.1 Å². The fraction of sp³-hybridized carbons (Fsp3) is 0.158. The first-order chi connectivity index (χ1) is 11.7. The van der Waals surface area contributed by atoms with E-state index in [1.165, 1.54) is 13.2 Å². The molecule has 0 N–H and O–H groups in total. The Hall–Kier alpha value is -3.08. The van der Waals surface area contributed by atoms with Crippen molar-refractivity contribution < 1.29 is 19.1 Å². The highest BCUT2D eigenvalue weighted by molar-refractivity contribution is 5.98. The third kappa shape index (κ3) is 2.09. The molecule has 5 heteroatoms. The number of rotatable bonds is 1. The van der Waals surface area contributed by atoms with Crippen molar-refractivity contribution in [2.45, 2.75) is 12.1 Å². The van der Waals surface area contributed by atoms with Crippen molar-refractivity contribution in [2.75, 3.05) is 12.0 Å². The standard InChI is InChI=1S/C19H15NO4/c1-23-19(22)20-15-9-5-4-7-13(15)12-6-2-3-8-14(12)18(20)16-10-11-17(21)24-16/h2-11,16,18H,1H3/t16-,18-/m1/s1. The lowest BCUT2D eigenvalue weighted by Gasteiger charge is -2.39. The van der Waals surface area contributed by atoms with Crippen molar-refractivity contribution in [2.24, 2.45) is 0 Å². The summed E-state index contributed by atoms with van der Waals surface area (Å²) >= 11 is 0. The zero-order valence-electron chi connectivity index (χ0n) is 13.0. The number of hydrogen-bond donors (Lipinski definition) is 0. The summed E-state index contributed by atoms with van der Waals surface area (Å²) in [5.74, 6) is -0.402. The van der Waals surface area contributed by atoms with E-state index in [0.29, 0.717) is 0 Å². The molecule has 0 unspecified atom stereocenters. The molecule has 4 rings (SSSR count). The highest BCUT2D eigenvalue weighted by atomic mass is 16.6. The van der Waals surface area contributed by atoms with Gasteiger partial charge in [0.15, 0.2) is 0 Å². The molecule has 2 aliphatic rings. The quantitative estimate of drug-likeness (QED) is 0.755. The molecule has 2 atom stereocenters. The topological polar surface area (TPSA) is 55.8 Å². The van der Waals surface area contributed by atoms with E-state index in [4.69, 9.17) is 9.47 Å². The van der Waals surface area contributed by atoms with E-state index >= 15 is 0 Å². The number of nitrogens with zero attached hydrogens (tertiary/aromatic N) is 1. The average molecular weight is 321 g/mol. The van der Waals surface area contributed by atoms with Crippen LogP contribution < -0.4 is 4.90 Å². The van der Waals surface area contributed by atoms with E-state index in [9.17, 15) is 9.59 Å². The van der Waals surface area contributed by atoms with Crippen LogP contribution in [0, 0.1) is 0 Å². The molecule has 2 aliphatic heterocycles. The molecule has 24 heavy (non-hydrogen) atoms. The second-order valence-electron chi connectivity index (χ2n) is 5.65. The third-order valence-electron chi connectivity index (χ3n) is 4.37. The van der Waals surface area contributed by atoms with Crippen LogP contribution in [0.5, 0.6) is 0 Å². The number of benzene rings is 2. The summed E-state index contributed by atoms with van der Waals surface area (Å²) in [7, 11) is 1.35. The molecular formula is C19H15NO4. The predicted octanol–water partition coefficient (Wildman–Crippen LogP) is 3.46. The van der Waals surface area contributed by atoms with Crippen LogP contribution in [-0.4, -0.2) is 25.3 Å². The van der Waals surface area contributed by atoms with Crippen molar-refractivity contribution in [1.82, 2.24) is 0 Å². The lowest BCUT2D eigenvalue weighted by molar-refractivity contribution is -0.139. The van der Waals surface area contributed by atoms with Gasteiger partial charge in [0, 0.05) is 11.6 Å². The maximum Gasteiger partial charge on any atom is 0.414 e. The molecule has 2 aromatic carbocycles. The normalized spacial score (nSPS) is 21.0. The van der Waals surface area contributed by atoms with Gasteiger partial charge in [-0.05, 0) is 23.3 Å². The van der Waals surface area contributed by atoms with Gasteiger partial charge in [0.2, 0.25) is 0 Å². The SMILES string of the molecule is COC(=O)N1c2ccccc2-c2ccccc2[C@@H]1[C@H]1C=CC(=O)O1. The minimum Gasteiger partial charge on any atom is -0.452 e. The van der Waals surface area contributed by atoms with Crippen LogP contribution >= 0.6 is 0 Å². The number of carbonyl (C=O) groups is 2. The maximum atomic E-state index is 12.5. The zero-order chi connectivity index (χ0) is 16.7. The number of methoxy groups -OCH3 is 1. The molecule has 0 fully saturated rings. The third-order valence-corrected chi connectivity index (χ3v) is 4.37. The predicted molar refractivity (Wildman–Crippen MR) is 88.5 cm³/mol. The van der Waals surface area contributed by atoms with E-state index in [1.54, 1.807) is 11.0 Å². The number of para-hydroxylation sites is 1. The van der Waals surface area contributed by atoms with Crippen LogP contribution in [0.1, 0.15) is 11.6 Å². The monoisotopic (exact) mass is 321 g/mol. The van der Waals surface area contributed by atoms with E-state index < -0.39 is 24.2 Å². The van der Waals surface area contributed by atoms with Crippen LogP contribution in [0.3, 0.4) is 0 Å². The van der Waals surface area contributed by atoms with Gasteiger partial charge in [-0.15, -0.1) is 0 Å². The highest BCUT2D eigenvalue weighted by Crippen LogP contribution is 2.47. The van der Waals surface area contributed by atoms with Crippen molar-refractivity contribution >= 4 is 17.7 Å². The molecule has 0 bridgehead atoms. The first-order valence-electron chi connectivity index (χ1n) is 7.65. The molecule has 0 radical (unpaired) electrons. The van der Waals surface area contributed by atoms with Crippen molar-refractivity contribution in [1.29, 1.82) is 0 Å². The Bertz CT molecular complexity index is 858. The zero-order valence-corrected chi connectivity index (χ0v) is 13.0. The Kier molecular flexibility index (Phi) is 3.34. The second-order valence-corrected chi connectivity index (χ2v) is 5.65. The Morgan fingerprint density at radius 3 is 2.50 bits per heavy atom. The number of fused-ring (bicyclic) bond motifs is 3. The van der Waals surface area contributed by atoms with E-state index in [2.05, 4.69) is 0 Å². The van der Waals surface area contributed by atoms with E-state index in [1.807, 2.05) is 48.5 Å². The van der Waals surface area contributed by atoms with Gasteiger partial charge < -0.3 is 9.47 Å². The molecule has 0 saturated carbocycles. The summed E-state index contributed by atoms with van der Waals surface area (Å²) in [5, 5.41) is 0. The van der Waals surface area contributed by atoms with Crippen LogP contribution in [0.15, 0.2) is 60.7 Å². The number of hydrogen-bond acceptors (Lipinski definition) is 4. The lowest BCUT2D eigenvalue weighted by Crippen LogP contribution is -2.43. The number of esters is 1. The number of anilines is 1. The number of carbonyl (C=O) groups excluding carboxylic acids is 2. The Labute approximate surface area is 139 Å². The van der Waals surface area contributed by atoms with Gasteiger partial charge in [-0.3, -0.25) is 4.90 Å². The molecule has 0 aliphatic carbocycles. The Balaban J connectivity index is 1.95. The molecule has 0 saturated heterocycles. The summed E-state index contributed by atoms with van der Waals surface area (Å²) < 4.78 is 10.4. The molecule has 2 aromatic rings. The highest BCUT2D eigenvalue weighted by Gasteiger charge is 2.41. The summed E-state index contributed by atoms with van der Waals surface area (Å²) in [5.41, 5.74) is 3.63. The summed E-state index contributed by atoms with van der Waals surface area (Å²) in [6.45, 7) is 0. The van der Waals surface area contributed by atoms with Gasteiger partial charge in [-0.2, -0.15) is 0 Å². The molecule has 2 heterocycles. The van der Waals surface area contributed by atoms with Crippen molar-refractivity contribution in [3.8, 4) is 11.1 Å². The van der Waals surface area contributed by atoms with E-state index in [0.717, 1.165) is 22.4 Å². The smallest absolute Gasteiger partial charge is 0.414 e. The fourth-order valence-electron chi connectivity index (χ4n) is 3.39. The second kappa shape index (κ2) is 5.53. The average Bonchev–Trinajstić information content (AvgIpc) is 3.06. The van der Waals surface area contributed by atoms with Gasteiger partial charge >= 0.3 is 12.1 Å². The van der Waals surface area contributed by atoms with Gasteiger partial charge in [0.05, 0.1) is 12.8 Å². The van der Waals surface area contributed by atoms with Gasteiger partial charge in [-0.25, -0.2) is 9.59 Å². The summed E-state index contributed by atoms with van der Waals surface area (Å²) in [6.07, 6.45) is 2.04. The minimum atomic E-state index is -0.550. The lowest BCUT2D eigenvalue weighted by atomic mass is 9.86. The molecule has 5 nitrogen and oxygen atoms in total. The molecular weight excluding hydrogens is 306 g/mol. The summed E-state index contributed by atoms with van der Waals surface area (Å²) in [6, 6.07) is 15.0. The van der Waals surface area contributed by atoms with E-state index in [-0.39, 0.29) is 0 Å². The molecule has 0 aromatic heterocycles.